The molecular weight excluding hydrogens is 804 g/mol. The first-order valence-electron chi connectivity index (χ1n) is 22.3. The van der Waals surface area contributed by atoms with Crippen LogP contribution in [0.2, 0.25) is 0 Å². The lowest BCUT2D eigenvalue weighted by Gasteiger charge is -2.32. The van der Waals surface area contributed by atoms with E-state index >= 15 is 4.39 Å². The van der Waals surface area contributed by atoms with E-state index in [1.165, 1.54) is 0 Å². The first-order chi connectivity index (χ1) is 31.2. The molecule has 320 valence electrons. The second kappa shape index (κ2) is 15.9. The Balaban J connectivity index is 1.35. The van der Waals surface area contributed by atoms with Crippen LogP contribution in [-0.2, 0) is 0 Å². The molecule has 6 nitrogen and oxygen atoms in total. The van der Waals surface area contributed by atoms with Crippen molar-refractivity contribution in [2.24, 2.45) is 0 Å². The van der Waals surface area contributed by atoms with E-state index in [-0.39, 0.29) is 34.8 Å². The van der Waals surface area contributed by atoms with Crippen LogP contribution in [0.15, 0.2) is 151 Å². The molecule has 65 heavy (non-hydrogen) atoms. The number of allylic oxidation sites excluding steroid dienone is 3. The molecule has 0 radical (unpaired) electrons. The van der Waals surface area contributed by atoms with Crippen molar-refractivity contribution in [3.05, 3.63) is 201 Å². The highest BCUT2D eigenvalue weighted by Crippen LogP contribution is 2.55. The van der Waals surface area contributed by atoms with Crippen LogP contribution >= 0.6 is 0 Å². The molecule has 0 spiro atoms. The van der Waals surface area contributed by atoms with Crippen LogP contribution in [0.3, 0.4) is 0 Å². The molecule has 0 unspecified atom stereocenters. The molecule has 1 aromatic heterocycles. The van der Waals surface area contributed by atoms with Crippen LogP contribution in [-0.4, -0.2) is 21.5 Å². The van der Waals surface area contributed by atoms with E-state index < -0.39 is 0 Å². The van der Waals surface area contributed by atoms with Gasteiger partial charge in [0.1, 0.15) is 11.6 Å². The van der Waals surface area contributed by atoms with E-state index in [1.54, 1.807) is 18.2 Å². The van der Waals surface area contributed by atoms with Crippen molar-refractivity contribution in [3.8, 4) is 22.3 Å². The molecule has 0 fully saturated rings. The van der Waals surface area contributed by atoms with Gasteiger partial charge in [0.2, 0.25) is 0 Å². The second-order valence-corrected chi connectivity index (χ2v) is 18.2. The lowest BCUT2D eigenvalue weighted by molar-refractivity contribution is 0.0988. The Morgan fingerprint density at radius 3 is 1.37 bits per heavy atom. The molecule has 0 N–H and O–H groups in total. The fourth-order valence-electron chi connectivity index (χ4n) is 9.82. The van der Waals surface area contributed by atoms with Crippen LogP contribution in [0.25, 0.3) is 44.1 Å². The molecule has 0 saturated heterocycles. The lowest BCUT2D eigenvalue weighted by atomic mass is 9.91. The van der Waals surface area contributed by atoms with Crippen LogP contribution < -0.4 is 9.80 Å². The van der Waals surface area contributed by atoms with Crippen LogP contribution in [0.4, 0.5) is 27.4 Å². The summed E-state index contributed by atoms with van der Waals surface area (Å²) in [5.74, 6) is 0.834. The number of para-hydroxylation sites is 3. The fraction of sp³-hybridized carbons (Fsp3) is 0.172. The van der Waals surface area contributed by atoms with Crippen molar-refractivity contribution in [3.63, 3.8) is 0 Å². The Morgan fingerprint density at radius 1 is 0.492 bits per heavy atom. The number of ketones is 2. The molecule has 8 aromatic rings. The van der Waals surface area contributed by atoms with Gasteiger partial charge in [-0.05, 0) is 121 Å². The summed E-state index contributed by atoms with van der Waals surface area (Å²) >= 11 is 0. The molecule has 0 saturated carbocycles. The van der Waals surface area contributed by atoms with Gasteiger partial charge in [-0.15, -0.1) is 0 Å². The highest BCUT2D eigenvalue weighted by atomic mass is 19.1. The average molecular weight is 853 g/mol. The number of anilines is 4. The maximum Gasteiger partial charge on any atom is 0.197 e. The number of carbonyl (C=O) groups is 2. The van der Waals surface area contributed by atoms with Crippen molar-refractivity contribution in [2.75, 3.05) is 9.80 Å². The first kappa shape index (κ1) is 41.5. The minimum atomic E-state index is -0.384. The third kappa shape index (κ3) is 7.12. The maximum absolute atomic E-state index is 16.6. The van der Waals surface area contributed by atoms with Gasteiger partial charge in [0.05, 0.1) is 28.0 Å². The quantitative estimate of drug-likeness (QED) is 0.118. The van der Waals surface area contributed by atoms with Gasteiger partial charge in [-0.3, -0.25) is 19.4 Å². The molecule has 1 aliphatic carbocycles. The van der Waals surface area contributed by atoms with Crippen molar-refractivity contribution in [1.82, 2.24) is 9.97 Å². The van der Waals surface area contributed by atoms with Crippen LogP contribution in [0.1, 0.15) is 93.6 Å². The number of hydrogen-bond acceptors (Lipinski definition) is 6. The number of aromatic nitrogens is 2. The van der Waals surface area contributed by atoms with E-state index in [1.807, 2.05) is 66.7 Å². The molecule has 0 atom stereocenters. The van der Waals surface area contributed by atoms with E-state index in [9.17, 15) is 9.59 Å². The van der Waals surface area contributed by atoms with Crippen LogP contribution in [0.5, 0.6) is 0 Å². The Morgan fingerprint density at radius 2 is 0.923 bits per heavy atom. The van der Waals surface area contributed by atoms with Crippen LogP contribution in [0, 0.1) is 33.5 Å². The lowest BCUT2D eigenvalue weighted by Crippen LogP contribution is -2.25. The number of carbonyl (C=O) groups excluding carboxylic acids is 2. The zero-order valence-electron chi connectivity index (χ0n) is 37.9. The standard InChI is InChI=1S/C58H49FN4O2/c1-32(2)43-16-13-17-44(33(3)4)53(43)62-52(21-20-45-55(64)48-28-38-14-9-10-15-39(38)29-49(48)56(45)65)63(58-57(62)60-50-18-11-12-19-51(50)61-58)54-46(40-24-34(5)22-35(6)25-40)30-42(59)31-47(54)41-26-36(7)23-37(8)27-41/h9-33H,1-8H3/b52-21+. The van der Waals surface area contributed by atoms with Gasteiger partial charge >= 0.3 is 0 Å². The first-order valence-corrected chi connectivity index (χ1v) is 22.3. The number of halogens is 1. The van der Waals surface area contributed by atoms with E-state index in [2.05, 4.69) is 120 Å². The van der Waals surface area contributed by atoms with Crippen molar-refractivity contribution in [1.29, 1.82) is 0 Å². The SMILES string of the molecule is Cc1cc(C)cc(-c2cc(F)cc(-c3cc(C)cc(C)c3)c2N2/C(=C/C=C3C(=O)c4cc5ccccc5cc4C3=O)N(c3c(C(C)C)cccc3C(C)C)c3nc4ccccc4nc32)c1. The Labute approximate surface area is 379 Å². The van der Waals surface area contributed by atoms with Gasteiger partial charge in [-0.2, -0.15) is 0 Å². The molecule has 7 heteroatoms. The van der Waals surface area contributed by atoms with Crippen molar-refractivity contribution < 1.29 is 14.0 Å². The summed E-state index contributed by atoms with van der Waals surface area (Å²) in [5, 5.41) is 1.78. The third-order valence-electron chi connectivity index (χ3n) is 12.6. The maximum atomic E-state index is 16.6. The van der Waals surface area contributed by atoms with E-state index in [0.29, 0.717) is 56.4 Å². The van der Waals surface area contributed by atoms with E-state index in [0.717, 1.165) is 61.0 Å². The van der Waals surface area contributed by atoms with Gasteiger partial charge in [-0.25, -0.2) is 14.4 Å². The number of hydrogen-bond donors (Lipinski definition) is 0. The largest absolute Gasteiger partial charge is 0.288 e. The number of fused-ring (bicyclic) bond motifs is 4. The number of aryl methyl sites for hydroxylation is 4. The van der Waals surface area contributed by atoms with Gasteiger partial charge in [-0.1, -0.05) is 141 Å². The normalized spacial score (nSPS) is 14.2. The predicted molar refractivity (Wildman–Crippen MR) is 263 cm³/mol. The zero-order valence-corrected chi connectivity index (χ0v) is 37.9. The van der Waals surface area contributed by atoms with Crippen molar-refractivity contribution in [2.45, 2.75) is 67.2 Å². The molecule has 10 rings (SSSR count). The van der Waals surface area contributed by atoms with Gasteiger partial charge in [0.15, 0.2) is 23.2 Å². The van der Waals surface area contributed by atoms with Crippen molar-refractivity contribution >= 4 is 56.4 Å². The highest BCUT2D eigenvalue weighted by Gasteiger charge is 2.42. The molecule has 2 heterocycles. The monoisotopic (exact) mass is 852 g/mol. The summed E-state index contributed by atoms with van der Waals surface area (Å²) in [5.41, 5.74) is 13.2. The van der Waals surface area contributed by atoms with Gasteiger partial charge in [0.25, 0.3) is 0 Å². The summed E-state index contributed by atoms with van der Waals surface area (Å²) in [4.78, 5) is 44.0. The second-order valence-electron chi connectivity index (χ2n) is 18.2. The average Bonchev–Trinajstić information content (AvgIpc) is 3.69. The Hall–Kier alpha value is -7.51. The summed E-state index contributed by atoms with van der Waals surface area (Å²) < 4.78 is 16.6. The summed E-state index contributed by atoms with van der Waals surface area (Å²) in [6.45, 7) is 16.9. The number of benzene rings is 7. The Bertz CT molecular complexity index is 3200. The highest BCUT2D eigenvalue weighted by molar-refractivity contribution is 6.40. The van der Waals surface area contributed by atoms with Gasteiger partial charge < -0.3 is 0 Å². The summed E-state index contributed by atoms with van der Waals surface area (Å²) in [6, 6.07) is 41.4. The number of Topliss-reactive ketones (excluding diaryl/α,β-unsaturated/α-hetero) is 2. The smallest absolute Gasteiger partial charge is 0.197 e. The third-order valence-corrected chi connectivity index (χ3v) is 12.6. The zero-order chi connectivity index (χ0) is 45.4. The molecule has 2 aliphatic rings. The Kier molecular flexibility index (Phi) is 10.2. The molecule has 0 amide bonds. The minimum absolute atomic E-state index is 0.0640. The van der Waals surface area contributed by atoms with E-state index in [4.69, 9.17) is 9.97 Å². The minimum Gasteiger partial charge on any atom is -0.288 e. The summed E-state index contributed by atoms with van der Waals surface area (Å²) in [7, 11) is 0. The number of rotatable bonds is 7. The topological polar surface area (TPSA) is 66.4 Å². The molecule has 1 aliphatic heterocycles. The molecular formula is C58H49FN4O2. The number of nitrogens with zero attached hydrogens (tertiary/aromatic N) is 4. The van der Waals surface area contributed by atoms with Gasteiger partial charge in [0, 0.05) is 22.3 Å². The summed E-state index contributed by atoms with van der Waals surface area (Å²) in [6.07, 6.45) is 3.53. The predicted octanol–water partition coefficient (Wildman–Crippen LogP) is 14.9. The molecule has 0 bridgehead atoms. The molecule has 7 aromatic carbocycles. The fourth-order valence-corrected chi connectivity index (χ4v) is 9.82.